The number of benzene rings is 1. The van der Waals surface area contributed by atoms with E-state index in [0.29, 0.717) is 24.3 Å². The molecule has 0 radical (unpaired) electrons. The van der Waals surface area contributed by atoms with Crippen LogP contribution in [0.4, 0.5) is 5.69 Å². The van der Waals surface area contributed by atoms with Crippen LogP contribution in [0.5, 0.6) is 0 Å². The second kappa shape index (κ2) is 7.53. The predicted octanol–water partition coefficient (Wildman–Crippen LogP) is 2.08. The summed E-state index contributed by atoms with van der Waals surface area (Å²) in [6.07, 6.45) is 0.337. The average Bonchev–Trinajstić information content (AvgIpc) is 2.38. The van der Waals surface area contributed by atoms with Crippen LogP contribution in [0.2, 0.25) is 0 Å². The Labute approximate surface area is 112 Å². The molecular formula is C14H19NO4. The summed E-state index contributed by atoms with van der Waals surface area (Å²) in [7, 11) is 2.91. The predicted molar refractivity (Wildman–Crippen MR) is 72.1 cm³/mol. The molecule has 1 N–H and O–H groups in total. The van der Waals surface area contributed by atoms with E-state index in [-0.39, 0.29) is 11.8 Å². The highest BCUT2D eigenvalue weighted by molar-refractivity contribution is 6.01. The standard InChI is InChI=1S/C14H19NO4/c1-10(9-18-2)8-13(16)15-12-7-5-4-6-11(12)14(17)19-3/h4-7,10H,8-9H2,1-3H3,(H,15,16). The highest BCUT2D eigenvalue weighted by Gasteiger charge is 2.14. The molecule has 0 saturated heterocycles. The summed E-state index contributed by atoms with van der Waals surface area (Å²) < 4.78 is 9.65. The number of nitrogens with one attached hydrogen (secondary N) is 1. The minimum Gasteiger partial charge on any atom is -0.465 e. The van der Waals surface area contributed by atoms with Gasteiger partial charge in [0.05, 0.1) is 18.4 Å². The van der Waals surface area contributed by atoms with Gasteiger partial charge in [-0.2, -0.15) is 0 Å². The van der Waals surface area contributed by atoms with E-state index >= 15 is 0 Å². The number of rotatable bonds is 6. The van der Waals surface area contributed by atoms with Crippen molar-refractivity contribution in [2.75, 3.05) is 26.1 Å². The van der Waals surface area contributed by atoms with Crippen LogP contribution in [0, 0.1) is 5.92 Å². The first-order valence-corrected chi connectivity index (χ1v) is 6.04. The summed E-state index contributed by atoms with van der Waals surface area (Å²) in [5.41, 5.74) is 0.807. The van der Waals surface area contributed by atoms with E-state index in [9.17, 15) is 9.59 Å². The van der Waals surface area contributed by atoms with Crippen molar-refractivity contribution < 1.29 is 19.1 Å². The highest BCUT2D eigenvalue weighted by Crippen LogP contribution is 2.17. The second-order valence-corrected chi connectivity index (χ2v) is 4.35. The van der Waals surface area contributed by atoms with Gasteiger partial charge >= 0.3 is 5.97 Å². The molecule has 5 heteroatoms. The fourth-order valence-corrected chi connectivity index (χ4v) is 1.74. The summed E-state index contributed by atoms with van der Waals surface area (Å²) in [5, 5.41) is 2.72. The Balaban J connectivity index is 2.71. The molecule has 1 rings (SSSR count). The number of carbonyl (C=O) groups excluding carboxylic acids is 2. The van der Waals surface area contributed by atoms with Gasteiger partial charge in [-0.1, -0.05) is 19.1 Å². The molecule has 0 bridgehead atoms. The highest BCUT2D eigenvalue weighted by atomic mass is 16.5. The third-order valence-electron chi connectivity index (χ3n) is 2.59. The number of methoxy groups -OCH3 is 2. The number of carbonyl (C=O) groups is 2. The molecule has 0 aliphatic carbocycles. The van der Waals surface area contributed by atoms with Gasteiger partial charge < -0.3 is 14.8 Å². The molecule has 0 spiro atoms. The van der Waals surface area contributed by atoms with Crippen LogP contribution in [-0.2, 0) is 14.3 Å². The monoisotopic (exact) mass is 265 g/mol. The van der Waals surface area contributed by atoms with Crippen LogP contribution >= 0.6 is 0 Å². The lowest BCUT2D eigenvalue weighted by Gasteiger charge is -2.12. The molecule has 1 amide bonds. The minimum atomic E-state index is -0.471. The van der Waals surface area contributed by atoms with Crippen molar-refractivity contribution in [3.8, 4) is 0 Å². The average molecular weight is 265 g/mol. The number of hydrogen-bond donors (Lipinski definition) is 1. The zero-order valence-corrected chi connectivity index (χ0v) is 11.4. The van der Waals surface area contributed by atoms with Crippen LogP contribution in [0.1, 0.15) is 23.7 Å². The first-order valence-electron chi connectivity index (χ1n) is 6.04. The summed E-state index contributed by atoms with van der Waals surface area (Å²) >= 11 is 0. The van der Waals surface area contributed by atoms with Crippen LogP contribution in [-0.4, -0.2) is 32.7 Å². The van der Waals surface area contributed by atoms with Crippen molar-refractivity contribution in [2.45, 2.75) is 13.3 Å². The van der Waals surface area contributed by atoms with Gasteiger partial charge in [-0.25, -0.2) is 4.79 Å². The van der Waals surface area contributed by atoms with E-state index in [1.54, 1.807) is 31.4 Å². The Morgan fingerprint density at radius 3 is 2.58 bits per heavy atom. The van der Waals surface area contributed by atoms with Gasteiger partial charge in [0.1, 0.15) is 0 Å². The van der Waals surface area contributed by atoms with Gasteiger partial charge in [0, 0.05) is 20.1 Å². The topological polar surface area (TPSA) is 64.6 Å². The van der Waals surface area contributed by atoms with Gasteiger partial charge in [0.2, 0.25) is 5.91 Å². The molecule has 1 unspecified atom stereocenters. The van der Waals surface area contributed by atoms with Gasteiger partial charge in [-0.05, 0) is 18.1 Å². The Kier molecular flexibility index (Phi) is 6.02. The maximum atomic E-state index is 11.8. The number of para-hydroxylation sites is 1. The lowest BCUT2D eigenvalue weighted by Crippen LogP contribution is -2.19. The summed E-state index contributed by atoms with van der Waals surface area (Å²) in [5.74, 6) is -0.503. The third-order valence-corrected chi connectivity index (χ3v) is 2.59. The molecule has 0 saturated carbocycles. The molecule has 0 heterocycles. The normalized spacial score (nSPS) is 11.7. The zero-order valence-electron chi connectivity index (χ0n) is 11.4. The van der Waals surface area contributed by atoms with Gasteiger partial charge in [0.15, 0.2) is 0 Å². The molecule has 0 aromatic heterocycles. The van der Waals surface area contributed by atoms with Crippen molar-refractivity contribution in [1.82, 2.24) is 0 Å². The molecule has 5 nitrogen and oxygen atoms in total. The lowest BCUT2D eigenvalue weighted by atomic mass is 10.1. The van der Waals surface area contributed by atoms with E-state index < -0.39 is 5.97 Å². The Bertz CT molecular complexity index is 445. The largest absolute Gasteiger partial charge is 0.465 e. The number of anilines is 1. The molecular weight excluding hydrogens is 246 g/mol. The van der Waals surface area contributed by atoms with E-state index in [1.807, 2.05) is 6.92 Å². The molecule has 104 valence electrons. The Morgan fingerprint density at radius 1 is 1.26 bits per heavy atom. The maximum Gasteiger partial charge on any atom is 0.339 e. The fraction of sp³-hybridized carbons (Fsp3) is 0.429. The van der Waals surface area contributed by atoms with Crippen molar-refractivity contribution in [1.29, 1.82) is 0 Å². The van der Waals surface area contributed by atoms with Crippen molar-refractivity contribution in [3.63, 3.8) is 0 Å². The van der Waals surface area contributed by atoms with Crippen molar-refractivity contribution >= 4 is 17.6 Å². The zero-order chi connectivity index (χ0) is 14.3. The molecule has 0 aliphatic rings. The van der Waals surface area contributed by atoms with Crippen molar-refractivity contribution in [2.24, 2.45) is 5.92 Å². The van der Waals surface area contributed by atoms with Crippen molar-refractivity contribution in [3.05, 3.63) is 29.8 Å². The maximum absolute atomic E-state index is 11.8. The second-order valence-electron chi connectivity index (χ2n) is 4.35. The van der Waals surface area contributed by atoms with Gasteiger partial charge in [-0.15, -0.1) is 0 Å². The fourth-order valence-electron chi connectivity index (χ4n) is 1.74. The van der Waals surface area contributed by atoms with E-state index in [2.05, 4.69) is 10.1 Å². The Morgan fingerprint density at radius 2 is 1.95 bits per heavy atom. The molecule has 1 aromatic rings. The van der Waals surface area contributed by atoms with Crippen LogP contribution in [0.15, 0.2) is 24.3 Å². The molecule has 1 atom stereocenters. The number of ether oxygens (including phenoxy) is 2. The van der Waals surface area contributed by atoms with E-state index in [1.165, 1.54) is 7.11 Å². The first-order chi connectivity index (χ1) is 9.08. The summed E-state index contributed by atoms with van der Waals surface area (Å²) in [4.78, 5) is 23.4. The van der Waals surface area contributed by atoms with Crippen LogP contribution in [0.3, 0.4) is 0 Å². The lowest BCUT2D eigenvalue weighted by molar-refractivity contribution is -0.117. The Hall–Kier alpha value is -1.88. The summed E-state index contributed by atoms with van der Waals surface area (Å²) in [6.45, 7) is 2.45. The summed E-state index contributed by atoms with van der Waals surface area (Å²) in [6, 6.07) is 6.75. The van der Waals surface area contributed by atoms with Gasteiger partial charge in [-0.3, -0.25) is 4.79 Å². The van der Waals surface area contributed by atoms with Crippen LogP contribution in [0.25, 0.3) is 0 Å². The number of esters is 1. The first kappa shape index (κ1) is 15.2. The smallest absolute Gasteiger partial charge is 0.339 e. The quantitative estimate of drug-likeness (QED) is 0.800. The third kappa shape index (κ3) is 4.71. The molecule has 0 aliphatic heterocycles. The van der Waals surface area contributed by atoms with E-state index in [0.717, 1.165) is 0 Å². The van der Waals surface area contributed by atoms with E-state index in [4.69, 9.17) is 4.74 Å². The molecule has 1 aromatic carbocycles. The molecule has 19 heavy (non-hydrogen) atoms. The number of hydrogen-bond acceptors (Lipinski definition) is 4. The number of amides is 1. The van der Waals surface area contributed by atoms with Crippen LogP contribution < -0.4 is 5.32 Å². The molecule has 0 fully saturated rings. The minimum absolute atomic E-state index is 0.121. The SMILES string of the molecule is COCC(C)CC(=O)Nc1ccccc1C(=O)OC. The van der Waals surface area contributed by atoms with Gasteiger partial charge in [0.25, 0.3) is 0 Å².